The molecular weight excluding hydrogens is 238 g/mol. The van der Waals surface area contributed by atoms with Gasteiger partial charge in [0.05, 0.1) is 0 Å². The number of amidine groups is 1. The van der Waals surface area contributed by atoms with Crippen LogP contribution < -0.4 is 5.32 Å². The standard InChI is InChI=1S/C15H19N3O/c1-12-5-7-13(8-6-12)9-10-16-15(19)17-14-4-3-11-18(14)2/h5-10H,3-4,11H2,1-2H3,(H,16,19). The molecule has 1 aromatic carbocycles. The van der Waals surface area contributed by atoms with Crippen molar-refractivity contribution < 1.29 is 4.79 Å². The summed E-state index contributed by atoms with van der Waals surface area (Å²) in [5.41, 5.74) is 2.27. The summed E-state index contributed by atoms with van der Waals surface area (Å²) in [6.45, 7) is 3.02. The number of nitrogens with one attached hydrogen (secondary N) is 1. The van der Waals surface area contributed by atoms with Crippen LogP contribution in [0.2, 0.25) is 0 Å². The predicted molar refractivity (Wildman–Crippen MR) is 78.0 cm³/mol. The predicted octanol–water partition coefficient (Wildman–Crippen LogP) is 2.80. The Kier molecular flexibility index (Phi) is 4.34. The first kappa shape index (κ1) is 13.3. The third-order valence-electron chi connectivity index (χ3n) is 3.13. The zero-order chi connectivity index (χ0) is 13.7. The van der Waals surface area contributed by atoms with Crippen LogP contribution in [-0.4, -0.2) is 30.4 Å². The van der Waals surface area contributed by atoms with Crippen LogP contribution in [0.1, 0.15) is 24.0 Å². The van der Waals surface area contributed by atoms with E-state index >= 15 is 0 Å². The number of aliphatic imine (C=N–C) groups is 1. The number of benzene rings is 1. The van der Waals surface area contributed by atoms with Crippen molar-refractivity contribution >= 4 is 17.9 Å². The fraction of sp³-hybridized carbons (Fsp3) is 0.333. The third-order valence-corrected chi connectivity index (χ3v) is 3.13. The number of nitrogens with zero attached hydrogens (tertiary/aromatic N) is 2. The summed E-state index contributed by atoms with van der Waals surface area (Å²) in [4.78, 5) is 17.7. The molecule has 0 aliphatic carbocycles. The van der Waals surface area contributed by atoms with Crippen LogP contribution in [0.5, 0.6) is 0 Å². The zero-order valence-electron chi connectivity index (χ0n) is 11.4. The van der Waals surface area contributed by atoms with E-state index in [1.54, 1.807) is 6.20 Å². The number of likely N-dealkylation sites (tertiary alicyclic amines) is 1. The van der Waals surface area contributed by atoms with Crippen molar-refractivity contribution in [3.8, 4) is 0 Å². The maximum Gasteiger partial charge on any atom is 0.346 e. The minimum absolute atomic E-state index is 0.313. The Balaban J connectivity index is 1.88. The van der Waals surface area contributed by atoms with E-state index in [1.165, 1.54) is 5.56 Å². The molecule has 1 saturated heterocycles. The van der Waals surface area contributed by atoms with E-state index in [-0.39, 0.29) is 6.03 Å². The Bertz CT molecular complexity index is 503. The summed E-state index contributed by atoms with van der Waals surface area (Å²) in [5.74, 6) is 0.862. The average molecular weight is 257 g/mol. The van der Waals surface area contributed by atoms with Crippen molar-refractivity contribution in [3.63, 3.8) is 0 Å². The molecule has 1 heterocycles. The lowest BCUT2D eigenvalue weighted by atomic mass is 10.1. The van der Waals surface area contributed by atoms with Gasteiger partial charge < -0.3 is 10.2 Å². The fourth-order valence-corrected chi connectivity index (χ4v) is 1.97. The van der Waals surface area contributed by atoms with Gasteiger partial charge in [-0.3, -0.25) is 0 Å². The monoisotopic (exact) mass is 257 g/mol. The molecule has 0 bridgehead atoms. The van der Waals surface area contributed by atoms with Gasteiger partial charge in [-0.2, -0.15) is 4.99 Å². The molecule has 0 radical (unpaired) electrons. The van der Waals surface area contributed by atoms with Crippen LogP contribution in [-0.2, 0) is 0 Å². The second-order valence-corrected chi connectivity index (χ2v) is 4.75. The van der Waals surface area contributed by atoms with Gasteiger partial charge in [0, 0.05) is 26.2 Å². The van der Waals surface area contributed by atoms with Gasteiger partial charge in [0.1, 0.15) is 5.84 Å². The normalized spacial score (nSPS) is 17.4. The molecule has 2 rings (SSSR count). The summed E-state index contributed by atoms with van der Waals surface area (Å²) in [7, 11) is 1.96. The van der Waals surface area contributed by atoms with Gasteiger partial charge in [-0.05, 0) is 25.0 Å². The minimum atomic E-state index is -0.313. The molecule has 4 nitrogen and oxygen atoms in total. The maximum atomic E-state index is 11.6. The number of hydrogen-bond acceptors (Lipinski definition) is 1. The quantitative estimate of drug-likeness (QED) is 0.885. The highest BCUT2D eigenvalue weighted by Crippen LogP contribution is 2.08. The number of carbonyl (C=O) groups excluding carboxylic acids is 1. The number of aryl methyl sites for hydroxylation is 1. The van der Waals surface area contributed by atoms with Crippen LogP contribution in [0, 0.1) is 6.92 Å². The van der Waals surface area contributed by atoms with Gasteiger partial charge in [0.2, 0.25) is 0 Å². The average Bonchev–Trinajstić information content (AvgIpc) is 2.78. The topological polar surface area (TPSA) is 44.7 Å². The van der Waals surface area contributed by atoms with Crippen molar-refractivity contribution in [2.45, 2.75) is 19.8 Å². The van der Waals surface area contributed by atoms with Crippen LogP contribution in [0.25, 0.3) is 6.08 Å². The van der Waals surface area contributed by atoms with Gasteiger partial charge in [-0.1, -0.05) is 29.8 Å². The van der Waals surface area contributed by atoms with Crippen LogP contribution in [0.4, 0.5) is 4.79 Å². The summed E-state index contributed by atoms with van der Waals surface area (Å²) < 4.78 is 0. The van der Waals surface area contributed by atoms with E-state index in [9.17, 15) is 4.79 Å². The van der Waals surface area contributed by atoms with E-state index in [0.29, 0.717) is 0 Å². The number of rotatable bonds is 2. The largest absolute Gasteiger partial charge is 0.363 e. The molecule has 100 valence electrons. The molecule has 2 amide bonds. The molecule has 0 spiro atoms. The van der Waals surface area contributed by atoms with Crippen molar-refractivity contribution in [1.29, 1.82) is 0 Å². The van der Waals surface area contributed by atoms with Gasteiger partial charge in [0.25, 0.3) is 0 Å². The molecule has 1 N–H and O–H groups in total. The van der Waals surface area contributed by atoms with E-state index in [0.717, 1.165) is 30.8 Å². The first-order valence-electron chi connectivity index (χ1n) is 6.47. The second kappa shape index (κ2) is 6.18. The van der Waals surface area contributed by atoms with E-state index in [1.807, 2.05) is 49.2 Å². The lowest BCUT2D eigenvalue weighted by Gasteiger charge is -2.09. The Morgan fingerprint density at radius 1 is 1.37 bits per heavy atom. The Hall–Kier alpha value is -2.10. The molecule has 0 saturated carbocycles. The highest BCUT2D eigenvalue weighted by molar-refractivity contribution is 5.94. The molecule has 1 fully saturated rings. The Morgan fingerprint density at radius 3 is 2.74 bits per heavy atom. The number of amides is 2. The molecule has 4 heteroatoms. The van der Waals surface area contributed by atoms with E-state index in [2.05, 4.69) is 10.3 Å². The molecule has 1 aromatic rings. The first-order chi connectivity index (χ1) is 9.15. The molecule has 1 aliphatic rings. The van der Waals surface area contributed by atoms with Crippen LogP contribution >= 0.6 is 0 Å². The van der Waals surface area contributed by atoms with Gasteiger partial charge >= 0.3 is 6.03 Å². The van der Waals surface area contributed by atoms with Crippen molar-refractivity contribution in [2.75, 3.05) is 13.6 Å². The smallest absolute Gasteiger partial charge is 0.346 e. The van der Waals surface area contributed by atoms with Gasteiger partial charge in [0.15, 0.2) is 0 Å². The highest BCUT2D eigenvalue weighted by atomic mass is 16.2. The molecule has 0 aromatic heterocycles. The Labute approximate surface area is 113 Å². The first-order valence-corrected chi connectivity index (χ1v) is 6.47. The van der Waals surface area contributed by atoms with Gasteiger partial charge in [-0.15, -0.1) is 0 Å². The summed E-state index contributed by atoms with van der Waals surface area (Å²) in [6.07, 6.45) is 5.44. The molecule has 1 aliphatic heterocycles. The summed E-state index contributed by atoms with van der Waals surface area (Å²) >= 11 is 0. The van der Waals surface area contributed by atoms with Crippen molar-refractivity contribution in [2.24, 2.45) is 4.99 Å². The van der Waals surface area contributed by atoms with E-state index in [4.69, 9.17) is 0 Å². The number of urea groups is 1. The van der Waals surface area contributed by atoms with Crippen molar-refractivity contribution in [3.05, 3.63) is 41.6 Å². The number of hydrogen-bond donors (Lipinski definition) is 1. The molecule has 0 atom stereocenters. The molecule has 0 unspecified atom stereocenters. The molecule has 19 heavy (non-hydrogen) atoms. The lowest BCUT2D eigenvalue weighted by molar-refractivity contribution is 0.252. The third kappa shape index (κ3) is 3.95. The number of carbonyl (C=O) groups is 1. The zero-order valence-corrected chi connectivity index (χ0v) is 11.4. The van der Waals surface area contributed by atoms with E-state index < -0.39 is 0 Å². The summed E-state index contributed by atoms with van der Waals surface area (Å²) in [5, 5.41) is 2.66. The minimum Gasteiger partial charge on any atom is -0.363 e. The van der Waals surface area contributed by atoms with Crippen LogP contribution in [0.3, 0.4) is 0 Å². The Morgan fingerprint density at radius 2 is 2.11 bits per heavy atom. The SMILES string of the molecule is Cc1ccc(C=CNC(=O)N=C2CCCN2C)cc1. The van der Waals surface area contributed by atoms with Crippen LogP contribution in [0.15, 0.2) is 35.5 Å². The van der Waals surface area contributed by atoms with Gasteiger partial charge in [-0.25, -0.2) is 4.79 Å². The summed E-state index contributed by atoms with van der Waals surface area (Å²) in [6, 6.07) is 7.78. The highest BCUT2D eigenvalue weighted by Gasteiger charge is 2.14. The van der Waals surface area contributed by atoms with Crippen molar-refractivity contribution in [1.82, 2.24) is 10.2 Å². The fourth-order valence-electron chi connectivity index (χ4n) is 1.97. The maximum absolute atomic E-state index is 11.6. The lowest BCUT2D eigenvalue weighted by Crippen LogP contribution is -2.23. The molecular formula is C15H19N3O. The second-order valence-electron chi connectivity index (χ2n) is 4.75.